The maximum Gasteiger partial charge on any atom is 0.287 e. The fraction of sp³-hybridized carbons (Fsp3) is 0.444. The van der Waals surface area contributed by atoms with E-state index < -0.39 is 10.3 Å². The van der Waals surface area contributed by atoms with Gasteiger partial charge in [0.25, 0.3) is 5.69 Å². The van der Waals surface area contributed by atoms with Gasteiger partial charge in [-0.05, 0) is 6.07 Å². The van der Waals surface area contributed by atoms with Crippen LogP contribution in [-0.2, 0) is 5.41 Å². The summed E-state index contributed by atoms with van der Waals surface area (Å²) in [5.74, 6) is 0. The molecule has 0 aromatic carbocycles. The van der Waals surface area contributed by atoms with Crippen LogP contribution in [0.2, 0.25) is 0 Å². The molecule has 1 aromatic rings. The molecule has 0 radical (unpaired) electrons. The number of aromatic nitrogens is 1. The fourth-order valence-corrected chi connectivity index (χ4v) is 1.10. The first-order valence-corrected chi connectivity index (χ1v) is 4.45. The largest absolute Gasteiger partial charge is 0.395 e. The number of hydrogen-bond acceptors (Lipinski definition) is 5. The second-order valence-electron chi connectivity index (χ2n) is 3.58. The van der Waals surface area contributed by atoms with Gasteiger partial charge in [0.15, 0.2) is 0 Å². The van der Waals surface area contributed by atoms with Crippen molar-refractivity contribution in [2.75, 3.05) is 13.2 Å². The summed E-state index contributed by atoms with van der Waals surface area (Å²) in [6.07, 6.45) is 1.17. The number of nitro groups is 1. The van der Waals surface area contributed by atoms with Crippen LogP contribution in [0.25, 0.3) is 0 Å². The predicted molar refractivity (Wildman–Crippen MR) is 54.4 cm³/mol. The molecule has 0 amide bonds. The number of aliphatic hydroxyl groups excluding tert-OH is 1. The summed E-state index contributed by atoms with van der Waals surface area (Å²) in [6.45, 7) is 1.84. The zero-order valence-corrected chi connectivity index (χ0v) is 8.38. The molecule has 1 rings (SSSR count). The summed E-state index contributed by atoms with van der Waals surface area (Å²) in [6, 6.07) is 2.87. The molecule has 6 heteroatoms. The van der Waals surface area contributed by atoms with E-state index in [1.54, 1.807) is 6.92 Å². The quantitative estimate of drug-likeness (QED) is 0.547. The maximum atomic E-state index is 10.4. The van der Waals surface area contributed by atoms with E-state index in [2.05, 4.69) is 4.98 Å². The highest BCUT2D eigenvalue weighted by Crippen LogP contribution is 2.21. The molecule has 6 nitrogen and oxygen atoms in total. The summed E-state index contributed by atoms with van der Waals surface area (Å²) in [5.41, 5.74) is 5.35. The average molecular weight is 211 g/mol. The summed E-state index contributed by atoms with van der Waals surface area (Å²) in [5, 5.41) is 19.6. The number of pyridine rings is 1. The van der Waals surface area contributed by atoms with Crippen molar-refractivity contribution in [3.05, 3.63) is 34.1 Å². The highest BCUT2D eigenvalue weighted by molar-refractivity contribution is 5.29. The van der Waals surface area contributed by atoms with Gasteiger partial charge >= 0.3 is 0 Å². The van der Waals surface area contributed by atoms with Crippen molar-refractivity contribution in [1.82, 2.24) is 4.98 Å². The van der Waals surface area contributed by atoms with E-state index in [1.165, 1.54) is 18.3 Å². The summed E-state index contributed by atoms with van der Waals surface area (Å²) < 4.78 is 0. The molecule has 1 heterocycles. The van der Waals surface area contributed by atoms with E-state index in [0.29, 0.717) is 5.69 Å². The number of nitrogens with zero attached hydrogens (tertiary/aromatic N) is 2. The van der Waals surface area contributed by atoms with E-state index in [1.807, 2.05) is 0 Å². The van der Waals surface area contributed by atoms with Gasteiger partial charge in [0, 0.05) is 18.0 Å². The molecule has 0 saturated carbocycles. The molecule has 0 aliphatic carbocycles. The van der Waals surface area contributed by atoms with Crippen molar-refractivity contribution >= 4 is 5.69 Å². The lowest BCUT2D eigenvalue weighted by molar-refractivity contribution is -0.385. The molecule has 15 heavy (non-hydrogen) atoms. The molecular weight excluding hydrogens is 198 g/mol. The molecule has 0 aliphatic rings. The summed E-state index contributed by atoms with van der Waals surface area (Å²) in [7, 11) is 0. The standard InChI is InChI=1S/C9H13N3O3/c1-9(5-10,6-13)8-3-2-7(4-11-8)12(14)15/h2-4,13H,5-6,10H2,1H3. The first-order chi connectivity index (χ1) is 7.03. The van der Waals surface area contributed by atoms with Crippen LogP contribution in [0.3, 0.4) is 0 Å². The molecular formula is C9H13N3O3. The Morgan fingerprint density at radius 2 is 2.33 bits per heavy atom. The minimum atomic E-state index is -0.644. The minimum Gasteiger partial charge on any atom is -0.395 e. The number of nitrogens with two attached hydrogens (primary N) is 1. The molecule has 82 valence electrons. The highest BCUT2D eigenvalue weighted by atomic mass is 16.6. The SMILES string of the molecule is CC(CN)(CO)c1ccc([N+](=O)[O-])cn1. The van der Waals surface area contributed by atoms with Crippen LogP contribution in [0, 0.1) is 10.1 Å². The Hall–Kier alpha value is -1.53. The lowest BCUT2D eigenvalue weighted by Crippen LogP contribution is -2.36. The Morgan fingerprint density at radius 3 is 2.67 bits per heavy atom. The van der Waals surface area contributed by atoms with E-state index in [4.69, 9.17) is 10.8 Å². The monoisotopic (exact) mass is 211 g/mol. The topological polar surface area (TPSA) is 102 Å². The van der Waals surface area contributed by atoms with Crippen LogP contribution in [0.5, 0.6) is 0 Å². The van der Waals surface area contributed by atoms with Gasteiger partial charge in [-0.2, -0.15) is 0 Å². The van der Waals surface area contributed by atoms with Crippen molar-refractivity contribution in [2.24, 2.45) is 5.73 Å². The van der Waals surface area contributed by atoms with Gasteiger partial charge in [-0.15, -0.1) is 0 Å². The van der Waals surface area contributed by atoms with Gasteiger partial charge < -0.3 is 10.8 Å². The zero-order valence-electron chi connectivity index (χ0n) is 8.38. The van der Waals surface area contributed by atoms with Gasteiger partial charge in [0.2, 0.25) is 0 Å². The Labute approximate surface area is 86.9 Å². The molecule has 1 aromatic heterocycles. The summed E-state index contributed by atoms with van der Waals surface area (Å²) in [4.78, 5) is 13.8. The van der Waals surface area contributed by atoms with Crippen LogP contribution in [0.4, 0.5) is 5.69 Å². The van der Waals surface area contributed by atoms with Crippen molar-refractivity contribution in [3.63, 3.8) is 0 Å². The molecule has 1 unspecified atom stereocenters. The third-order valence-electron chi connectivity index (χ3n) is 2.38. The zero-order chi connectivity index (χ0) is 11.5. The van der Waals surface area contributed by atoms with E-state index in [0.717, 1.165) is 0 Å². The number of rotatable bonds is 4. The molecule has 3 N–H and O–H groups in total. The van der Waals surface area contributed by atoms with Crippen LogP contribution in [-0.4, -0.2) is 28.2 Å². The second kappa shape index (κ2) is 4.33. The highest BCUT2D eigenvalue weighted by Gasteiger charge is 2.26. The van der Waals surface area contributed by atoms with Crippen molar-refractivity contribution in [2.45, 2.75) is 12.3 Å². The molecule has 1 atom stereocenters. The molecule has 0 bridgehead atoms. The third kappa shape index (κ3) is 2.28. The summed E-state index contributed by atoms with van der Waals surface area (Å²) >= 11 is 0. The number of hydrogen-bond donors (Lipinski definition) is 2. The first-order valence-electron chi connectivity index (χ1n) is 4.45. The van der Waals surface area contributed by atoms with Gasteiger partial charge in [-0.25, -0.2) is 0 Å². The molecule has 0 spiro atoms. The van der Waals surface area contributed by atoms with Gasteiger partial charge in [-0.3, -0.25) is 15.1 Å². The molecule has 0 fully saturated rings. The Bertz CT molecular complexity index is 346. The van der Waals surface area contributed by atoms with E-state index >= 15 is 0 Å². The van der Waals surface area contributed by atoms with Gasteiger partial charge in [0.1, 0.15) is 6.20 Å². The van der Waals surface area contributed by atoms with Crippen molar-refractivity contribution < 1.29 is 10.0 Å². The van der Waals surface area contributed by atoms with Crippen LogP contribution < -0.4 is 5.73 Å². The first kappa shape index (κ1) is 11.5. The van der Waals surface area contributed by atoms with Crippen LogP contribution in [0.15, 0.2) is 18.3 Å². The van der Waals surface area contributed by atoms with Crippen molar-refractivity contribution in [1.29, 1.82) is 0 Å². The Kier molecular flexibility index (Phi) is 3.33. The fourth-order valence-electron chi connectivity index (χ4n) is 1.10. The van der Waals surface area contributed by atoms with Crippen LogP contribution in [0.1, 0.15) is 12.6 Å². The molecule has 0 aliphatic heterocycles. The lowest BCUT2D eigenvalue weighted by atomic mass is 9.87. The lowest BCUT2D eigenvalue weighted by Gasteiger charge is -2.24. The van der Waals surface area contributed by atoms with Gasteiger partial charge in [0.05, 0.1) is 17.2 Å². The third-order valence-corrected chi connectivity index (χ3v) is 2.38. The minimum absolute atomic E-state index is 0.0731. The maximum absolute atomic E-state index is 10.4. The van der Waals surface area contributed by atoms with Crippen molar-refractivity contribution in [3.8, 4) is 0 Å². The Morgan fingerprint density at radius 1 is 1.67 bits per heavy atom. The van der Waals surface area contributed by atoms with Crippen LogP contribution >= 0.6 is 0 Å². The van der Waals surface area contributed by atoms with Gasteiger partial charge in [-0.1, -0.05) is 6.92 Å². The average Bonchev–Trinajstić information content (AvgIpc) is 2.28. The predicted octanol–water partition coefficient (Wildman–Crippen LogP) is 0.199. The Balaban J connectivity index is 3.02. The second-order valence-corrected chi connectivity index (χ2v) is 3.58. The normalized spacial score (nSPS) is 14.6. The van der Waals surface area contributed by atoms with E-state index in [9.17, 15) is 10.1 Å². The van der Waals surface area contributed by atoms with E-state index in [-0.39, 0.29) is 18.8 Å². The molecule has 0 saturated heterocycles. The smallest absolute Gasteiger partial charge is 0.287 e. The number of aliphatic hydroxyl groups is 1.